The summed E-state index contributed by atoms with van der Waals surface area (Å²) in [5, 5.41) is 0. The van der Waals surface area contributed by atoms with Gasteiger partial charge in [-0.05, 0) is 29.8 Å². The third-order valence-electron chi connectivity index (χ3n) is 5.75. The van der Waals surface area contributed by atoms with Crippen LogP contribution in [0.1, 0.15) is 55.6 Å². The maximum atomic E-state index is 13.5. The zero-order chi connectivity index (χ0) is 27.2. The molecule has 0 amide bonds. The van der Waals surface area contributed by atoms with Crippen LogP contribution >= 0.6 is 0 Å². The fraction of sp³-hybridized carbons (Fsp3) is 0.241. The van der Waals surface area contributed by atoms with Crippen molar-refractivity contribution in [3.05, 3.63) is 89.5 Å². The van der Waals surface area contributed by atoms with Gasteiger partial charge in [0.2, 0.25) is 6.10 Å². The molecule has 0 N–H and O–H groups in total. The third-order valence-corrected chi connectivity index (χ3v) is 5.75. The van der Waals surface area contributed by atoms with E-state index in [0.29, 0.717) is 22.6 Å². The van der Waals surface area contributed by atoms with E-state index >= 15 is 0 Å². The normalized spacial score (nSPS) is 16.7. The second kappa shape index (κ2) is 11.6. The molecule has 3 unspecified atom stereocenters. The lowest BCUT2D eigenvalue weighted by atomic mass is 9.87. The van der Waals surface area contributed by atoms with Gasteiger partial charge in [-0.3, -0.25) is 14.4 Å². The molecule has 1 aliphatic rings. The smallest absolute Gasteiger partial charge is 0.352 e. The molecule has 0 bridgehead atoms. The molecule has 1 heterocycles. The Morgan fingerprint density at radius 1 is 0.789 bits per heavy atom. The van der Waals surface area contributed by atoms with E-state index in [4.69, 9.17) is 23.7 Å². The molecule has 9 nitrogen and oxygen atoms in total. The lowest BCUT2D eigenvalue weighted by Crippen LogP contribution is -2.30. The molecule has 0 saturated carbocycles. The summed E-state index contributed by atoms with van der Waals surface area (Å²) in [6.45, 7) is 3.95. The van der Waals surface area contributed by atoms with Crippen LogP contribution in [0.3, 0.4) is 0 Å². The molecule has 4 rings (SSSR count). The lowest BCUT2D eigenvalue weighted by Gasteiger charge is -2.34. The minimum Gasteiger partial charge on any atom is -0.492 e. The molecule has 9 heteroatoms. The minimum atomic E-state index is -1.27. The molecule has 0 spiro atoms. The summed E-state index contributed by atoms with van der Waals surface area (Å²) in [7, 11) is 0. The topological polar surface area (TPSA) is 114 Å². The average molecular weight is 519 g/mol. The SMILES string of the molecule is CC(=O)Oc1ccc(C2COc3cc(OC(C)=O)ccc3C2OC(=O)C(OC(C)=O)c2ccccc2)cc1. The fourth-order valence-corrected chi connectivity index (χ4v) is 4.19. The van der Waals surface area contributed by atoms with Crippen LogP contribution in [0.25, 0.3) is 0 Å². The molecule has 0 saturated heterocycles. The highest BCUT2D eigenvalue weighted by Crippen LogP contribution is 2.45. The number of carbonyl (C=O) groups is 4. The van der Waals surface area contributed by atoms with Crippen LogP contribution in [0.2, 0.25) is 0 Å². The van der Waals surface area contributed by atoms with Crippen molar-refractivity contribution in [2.24, 2.45) is 0 Å². The van der Waals surface area contributed by atoms with Gasteiger partial charge in [0.1, 0.15) is 23.4 Å². The van der Waals surface area contributed by atoms with Gasteiger partial charge in [0, 0.05) is 38.0 Å². The maximum absolute atomic E-state index is 13.5. The van der Waals surface area contributed by atoms with E-state index in [-0.39, 0.29) is 12.4 Å². The number of esters is 4. The molecular weight excluding hydrogens is 492 g/mol. The van der Waals surface area contributed by atoms with Crippen LogP contribution in [0.4, 0.5) is 0 Å². The highest BCUT2D eigenvalue weighted by molar-refractivity contribution is 5.80. The Bertz CT molecular complexity index is 1330. The summed E-state index contributed by atoms with van der Waals surface area (Å²) in [6.07, 6.45) is -2.11. The monoisotopic (exact) mass is 518 g/mol. The third kappa shape index (κ3) is 6.36. The number of ether oxygens (including phenoxy) is 5. The first-order valence-corrected chi connectivity index (χ1v) is 11.9. The van der Waals surface area contributed by atoms with E-state index in [9.17, 15) is 19.2 Å². The van der Waals surface area contributed by atoms with Crippen molar-refractivity contribution >= 4 is 23.9 Å². The van der Waals surface area contributed by atoms with Crippen molar-refractivity contribution in [1.29, 1.82) is 0 Å². The molecule has 196 valence electrons. The molecule has 0 aliphatic carbocycles. The van der Waals surface area contributed by atoms with Gasteiger partial charge in [0.25, 0.3) is 0 Å². The predicted molar refractivity (Wildman–Crippen MR) is 134 cm³/mol. The van der Waals surface area contributed by atoms with Gasteiger partial charge in [0.05, 0.1) is 12.5 Å². The molecule has 0 aromatic heterocycles. The number of hydrogen-bond acceptors (Lipinski definition) is 9. The molecular formula is C29H26O9. The Labute approximate surface area is 219 Å². The van der Waals surface area contributed by atoms with E-state index < -0.39 is 42.0 Å². The fourth-order valence-electron chi connectivity index (χ4n) is 4.19. The zero-order valence-electron chi connectivity index (χ0n) is 21.0. The lowest BCUT2D eigenvalue weighted by molar-refractivity contribution is -0.173. The highest BCUT2D eigenvalue weighted by Gasteiger charge is 2.38. The van der Waals surface area contributed by atoms with E-state index in [1.807, 2.05) is 0 Å². The van der Waals surface area contributed by atoms with Crippen molar-refractivity contribution in [3.63, 3.8) is 0 Å². The summed E-state index contributed by atoms with van der Waals surface area (Å²) in [5.74, 6) is -1.72. The standard InChI is InChI=1S/C29H26O9/c1-17(30)35-22-11-9-20(10-12-22)25-16-34-26-15-23(36-18(2)31)13-14-24(26)28(25)38-29(33)27(37-19(3)32)21-7-5-4-6-8-21/h4-15,25,27-28H,16H2,1-3H3. The molecule has 3 aromatic rings. The van der Waals surface area contributed by atoms with Gasteiger partial charge < -0.3 is 23.7 Å². The Morgan fingerprint density at radius 2 is 1.42 bits per heavy atom. The zero-order valence-corrected chi connectivity index (χ0v) is 21.0. The van der Waals surface area contributed by atoms with Crippen molar-refractivity contribution in [1.82, 2.24) is 0 Å². The maximum Gasteiger partial charge on any atom is 0.352 e. The Morgan fingerprint density at radius 3 is 2.05 bits per heavy atom. The Hall–Kier alpha value is -4.66. The molecule has 3 atom stereocenters. The summed E-state index contributed by atoms with van der Waals surface area (Å²) >= 11 is 0. The van der Waals surface area contributed by atoms with Gasteiger partial charge in [-0.15, -0.1) is 0 Å². The van der Waals surface area contributed by atoms with Gasteiger partial charge in [-0.25, -0.2) is 4.79 Å². The van der Waals surface area contributed by atoms with E-state index in [1.165, 1.54) is 20.8 Å². The Kier molecular flexibility index (Phi) is 8.06. The quantitative estimate of drug-likeness (QED) is 0.327. The molecule has 38 heavy (non-hydrogen) atoms. The number of fused-ring (bicyclic) bond motifs is 1. The summed E-state index contributed by atoms with van der Waals surface area (Å²) in [5.41, 5.74) is 1.77. The van der Waals surface area contributed by atoms with Gasteiger partial charge in [0.15, 0.2) is 0 Å². The van der Waals surface area contributed by atoms with Crippen LogP contribution in [-0.2, 0) is 28.7 Å². The van der Waals surface area contributed by atoms with Crippen LogP contribution in [-0.4, -0.2) is 30.5 Å². The first-order chi connectivity index (χ1) is 18.2. The van der Waals surface area contributed by atoms with E-state index in [1.54, 1.807) is 72.8 Å². The molecule has 0 fully saturated rings. The first kappa shape index (κ1) is 26.4. The number of rotatable bonds is 7. The van der Waals surface area contributed by atoms with Crippen molar-refractivity contribution < 1.29 is 42.9 Å². The van der Waals surface area contributed by atoms with Gasteiger partial charge in [-0.1, -0.05) is 42.5 Å². The van der Waals surface area contributed by atoms with Crippen molar-refractivity contribution in [2.45, 2.75) is 38.9 Å². The van der Waals surface area contributed by atoms with Gasteiger partial charge >= 0.3 is 23.9 Å². The molecule has 0 radical (unpaired) electrons. The van der Waals surface area contributed by atoms with Crippen LogP contribution < -0.4 is 14.2 Å². The molecule has 1 aliphatic heterocycles. The van der Waals surface area contributed by atoms with Gasteiger partial charge in [-0.2, -0.15) is 0 Å². The first-order valence-electron chi connectivity index (χ1n) is 11.9. The summed E-state index contributed by atoms with van der Waals surface area (Å²) in [6, 6.07) is 20.2. The predicted octanol–water partition coefficient (Wildman–Crippen LogP) is 4.60. The second-order valence-corrected chi connectivity index (χ2v) is 8.63. The summed E-state index contributed by atoms with van der Waals surface area (Å²) in [4.78, 5) is 48.0. The Balaban J connectivity index is 1.70. The van der Waals surface area contributed by atoms with Crippen LogP contribution in [0, 0.1) is 0 Å². The second-order valence-electron chi connectivity index (χ2n) is 8.63. The van der Waals surface area contributed by atoms with E-state index in [2.05, 4.69) is 0 Å². The largest absolute Gasteiger partial charge is 0.492 e. The van der Waals surface area contributed by atoms with Crippen LogP contribution in [0.5, 0.6) is 17.2 Å². The minimum absolute atomic E-state index is 0.130. The number of carbonyl (C=O) groups excluding carboxylic acids is 4. The highest BCUT2D eigenvalue weighted by atomic mass is 16.6. The van der Waals surface area contributed by atoms with Crippen molar-refractivity contribution in [3.8, 4) is 17.2 Å². The number of benzene rings is 3. The average Bonchev–Trinajstić information content (AvgIpc) is 2.87. The van der Waals surface area contributed by atoms with Crippen molar-refractivity contribution in [2.75, 3.05) is 6.61 Å². The van der Waals surface area contributed by atoms with E-state index in [0.717, 1.165) is 5.56 Å². The summed E-state index contributed by atoms with van der Waals surface area (Å²) < 4.78 is 27.6. The number of hydrogen-bond donors (Lipinski definition) is 0. The molecule has 3 aromatic carbocycles. The van der Waals surface area contributed by atoms with Crippen LogP contribution in [0.15, 0.2) is 72.8 Å².